The molecular formula is C19H36N4O4. The number of nitrogens with zero attached hydrogens (tertiary/aromatic N) is 3. The lowest BCUT2D eigenvalue weighted by molar-refractivity contribution is 0.0253. The van der Waals surface area contributed by atoms with E-state index in [2.05, 4.69) is 17.5 Å². The van der Waals surface area contributed by atoms with Gasteiger partial charge in [-0.05, 0) is 66.3 Å². The van der Waals surface area contributed by atoms with E-state index < -0.39 is 17.7 Å². The Hall–Kier alpha value is -1.87. The second-order valence-electron chi connectivity index (χ2n) is 7.15. The van der Waals surface area contributed by atoms with Crippen LogP contribution in [-0.4, -0.2) is 66.2 Å². The zero-order valence-electron chi connectivity index (χ0n) is 17.4. The molecule has 0 saturated carbocycles. The summed E-state index contributed by atoms with van der Waals surface area (Å²) < 4.78 is 5.18. The molecule has 0 fully saturated rings. The molecule has 1 amide bonds. The molecule has 0 heterocycles. The second-order valence-corrected chi connectivity index (χ2v) is 7.15. The third-order valence-electron chi connectivity index (χ3n) is 3.59. The summed E-state index contributed by atoms with van der Waals surface area (Å²) in [6.45, 7) is 5.68. The molecule has 0 bridgehead atoms. The topological polar surface area (TPSA) is 130 Å². The Balaban J connectivity index is 0. The highest BCUT2D eigenvalue weighted by Gasteiger charge is 2.24. The van der Waals surface area contributed by atoms with Gasteiger partial charge in [0.05, 0.1) is 18.2 Å². The Labute approximate surface area is 163 Å². The molecule has 0 aromatic heterocycles. The number of aliphatic hydroxyl groups excluding tert-OH is 2. The van der Waals surface area contributed by atoms with Crippen LogP contribution in [0.25, 0.3) is 0 Å². The van der Waals surface area contributed by atoms with Crippen LogP contribution in [0.5, 0.6) is 0 Å². The van der Waals surface area contributed by atoms with Gasteiger partial charge in [0, 0.05) is 20.3 Å². The van der Waals surface area contributed by atoms with E-state index in [4.69, 9.17) is 25.5 Å². The minimum Gasteiger partial charge on any atom is -0.444 e. The SMILES string of the molecule is CN(C(=O)OC(C)(C)C)C(C#N)CCCCO.CNC(C#N)CCCCO. The van der Waals surface area contributed by atoms with E-state index >= 15 is 0 Å². The highest BCUT2D eigenvalue weighted by molar-refractivity contribution is 5.68. The normalized spacial score (nSPS) is 12.6. The fraction of sp³-hybridized carbons (Fsp3) is 0.842. The smallest absolute Gasteiger partial charge is 0.411 e. The Morgan fingerprint density at radius 1 is 1.07 bits per heavy atom. The van der Waals surface area contributed by atoms with E-state index in [1.54, 1.807) is 34.9 Å². The first-order valence-electron chi connectivity index (χ1n) is 9.30. The van der Waals surface area contributed by atoms with Crippen LogP contribution in [0.4, 0.5) is 4.79 Å². The summed E-state index contributed by atoms with van der Waals surface area (Å²) in [7, 11) is 3.33. The van der Waals surface area contributed by atoms with Crippen molar-refractivity contribution in [1.82, 2.24) is 10.2 Å². The van der Waals surface area contributed by atoms with E-state index in [1.165, 1.54) is 4.90 Å². The molecule has 0 aromatic rings. The van der Waals surface area contributed by atoms with Crippen molar-refractivity contribution in [2.45, 2.75) is 77.0 Å². The van der Waals surface area contributed by atoms with Crippen LogP contribution in [0, 0.1) is 22.7 Å². The second kappa shape index (κ2) is 16.3. The molecule has 8 nitrogen and oxygen atoms in total. The molecule has 0 saturated heterocycles. The van der Waals surface area contributed by atoms with Crippen LogP contribution in [0.3, 0.4) is 0 Å². The molecule has 0 aliphatic rings. The van der Waals surface area contributed by atoms with Gasteiger partial charge in [-0.15, -0.1) is 0 Å². The number of ether oxygens (including phenoxy) is 1. The molecule has 0 aromatic carbocycles. The summed E-state index contributed by atoms with van der Waals surface area (Å²) in [6.07, 6.45) is 3.94. The lowest BCUT2D eigenvalue weighted by Gasteiger charge is -2.27. The van der Waals surface area contributed by atoms with Crippen LogP contribution in [0.15, 0.2) is 0 Å². The van der Waals surface area contributed by atoms with Crippen molar-refractivity contribution in [2.75, 3.05) is 27.3 Å². The maximum absolute atomic E-state index is 11.7. The van der Waals surface area contributed by atoms with Gasteiger partial charge in [0.1, 0.15) is 11.6 Å². The quantitative estimate of drug-likeness (QED) is 0.492. The maximum Gasteiger partial charge on any atom is 0.411 e. The van der Waals surface area contributed by atoms with Crippen LogP contribution >= 0.6 is 0 Å². The van der Waals surface area contributed by atoms with Crippen LogP contribution in [0.1, 0.15) is 59.3 Å². The fourth-order valence-corrected chi connectivity index (χ4v) is 1.99. The number of carbonyl (C=O) groups is 1. The number of aliphatic hydroxyl groups is 2. The van der Waals surface area contributed by atoms with Crippen molar-refractivity contribution in [3.63, 3.8) is 0 Å². The minimum absolute atomic E-state index is 0.0495. The first-order chi connectivity index (χ1) is 12.7. The Bertz CT molecular complexity index is 466. The highest BCUT2D eigenvalue weighted by Crippen LogP contribution is 2.13. The van der Waals surface area contributed by atoms with Gasteiger partial charge < -0.3 is 20.3 Å². The highest BCUT2D eigenvalue weighted by atomic mass is 16.6. The number of rotatable bonds is 10. The van der Waals surface area contributed by atoms with Crippen molar-refractivity contribution in [3.8, 4) is 12.1 Å². The molecule has 3 N–H and O–H groups in total. The van der Waals surface area contributed by atoms with E-state index in [0.717, 1.165) is 19.3 Å². The van der Waals surface area contributed by atoms with Crippen molar-refractivity contribution < 1.29 is 19.7 Å². The molecule has 0 spiro atoms. The average molecular weight is 385 g/mol. The Kier molecular flexibility index (Phi) is 16.5. The fourth-order valence-electron chi connectivity index (χ4n) is 1.99. The largest absolute Gasteiger partial charge is 0.444 e. The predicted octanol–water partition coefficient (Wildman–Crippen LogP) is 2.17. The molecule has 0 rings (SSSR count). The average Bonchev–Trinajstić information content (AvgIpc) is 2.61. The van der Waals surface area contributed by atoms with E-state index in [1.807, 2.05) is 0 Å². The van der Waals surface area contributed by atoms with Crippen molar-refractivity contribution in [1.29, 1.82) is 10.5 Å². The number of hydrogen-bond donors (Lipinski definition) is 3. The van der Waals surface area contributed by atoms with Gasteiger partial charge in [-0.25, -0.2) is 4.79 Å². The molecule has 8 heteroatoms. The minimum atomic E-state index is -0.559. The number of hydrogen-bond acceptors (Lipinski definition) is 7. The molecule has 156 valence electrons. The number of unbranched alkanes of at least 4 members (excludes halogenated alkanes) is 2. The summed E-state index contributed by atoms with van der Waals surface area (Å²) >= 11 is 0. The maximum atomic E-state index is 11.7. The monoisotopic (exact) mass is 384 g/mol. The molecule has 2 unspecified atom stereocenters. The lowest BCUT2D eigenvalue weighted by Crippen LogP contribution is -2.40. The van der Waals surface area contributed by atoms with E-state index in [-0.39, 0.29) is 19.3 Å². The van der Waals surface area contributed by atoms with E-state index in [0.29, 0.717) is 19.3 Å². The standard InChI is InChI=1S/C12H22N2O3.C7H14N2O/c1-12(2,3)17-11(16)14(4)10(9-13)7-5-6-8-15;1-9-7(6-8)4-2-3-5-10/h10,15H,5-8H2,1-4H3;7,9-10H,2-5H2,1H3. The zero-order valence-corrected chi connectivity index (χ0v) is 17.4. The van der Waals surface area contributed by atoms with Gasteiger partial charge >= 0.3 is 6.09 Å². The molecule has 0 aliphatic heterocycles. The van der Waals surface area contributed by atoms with Crippen molar-refractivity contribution in [3.05, 3.63) is 0 Å². The zero-order chi connectivity index (χ0) is 21.3. The molecule has 2 atom stereocenters. The van der Waals surface area contributed by atoms with E-state index in [9.17, 15) is 4.79 Å². The number of nitriles is 2. The van der Waals surface area contributed by atoms with Crippen molar-refractivity contribution >= 4 is 6.09 Å². The third-order valence-corrected chi connectivity index (χ3v) is 3.59. The molecule has 0 aliphatic carbocycles. The number of carbonyl (C=O) groups excluding carboxylic acids is 1. The van der Waals surface area contributed by atoms with Gasteiger partial charge in [0.2, 0.25) is 0 Å². The summed E-state index contributed by atoms with van der Waals surface area (Å²) in [5, 5.41) is 37.4. The molecule has 0 radical (unpaired) electrons. The van der Waals surface area contributed by atoms with Gasteiger partial charge in [-0.3, -0.25) is 4.90 Å². The first-order valence-corrected chi connectivity index (χ1v) is 9.30. The van der Waals surface area contributed by atoms with Gasteiger partial charge in [0.25, 0.3) is 0 Å². The van der Waals surface area contributed by atoms with Crippen LogP contribution in [0.2, 0.25) is 0 Å². The van der Waals surface area contributed by atoms with Gasteiger partial charge in [0.15, 0.2) is 0 Å². The summed E-state index contributed by atoms with van der Waals surface area (Å²) in [5.74, 6) is 0. The summed E-state index contributed by atoms with van der Waals surface area (Å²) in [4.78, 5) is 13.0. The van der Waals surface area contributed by atoms with Crippen LogP contribution in [-0.2, 0) is 4.74 Å². The number of amides is 1. The third kappa shape index (κ3) is 16.1. The Morgan fingerprint density at radius 3 is 1.96 bits per heavy atom. The summed E-state index contributed by atoms with van der Waals surface area (Å²) in [5.41, 5.74) is -0.559. The lowest BCUT2D eigenvalue weighted by atomic mass is 10.1. The predicted molar refractivity (Wildman–Crippen MR) is 104 cm³/mol. The molecular weight excluding hydrogens is 348 g/mol. The number of nitrogens with one attached hydrogen (secondary N) is 1. The van der Waals surface area contributed by atoms with Crippen molar-refractivity contribution in [2.24, 2.45) is 0 Å². The van der Waals surface area contributed by atoms with Gasteiger partial charge in [-0.1, -0.05) is 0 Å². The molecule has 27 heavy (non-hydrogen) atoms. The van der Waals surface area contributed by atoms with Crippen LogP contribution < -0.4 is 5.32 Å². The Morgan fingerprint density at radius 2 is 1.59 bits per heavy atom. The van der Waals surface area contributed by atoms with Gasteiger partial charge in [-0.2, -0.15) is 10.5 Å². The first kappa shape index (κ1) is 27.3. The summed E-state index contributed by atoms with van der Waals surface area (Å²) in [6, 6.07) is 3.64.